The van der Waals surface area contributed by atoms with Gasteiger partial charge in [-0.2, -0.15) is 0 Å². The average Bonchev–Trinajstić information content (AvgIpc) is 2.69. The Morgan fingerprint density at radius 2 is 1.75 bits per heavy atom. The molecule has 0 bridgehead atoms. The van der Waals surface area contributed by atoms with Gasteiger partial charge in [-0.15, -0.1) is 0 Å². The molecule has 0 saturated carbocycles. The van der Waals surface area contributed by atoms with E-state index in [0.717, 1.165) is 36.8 Å². The van der Waals surface area contributed by atoms with Crippen molar-refractivity contribution < 1.29 is 17.6 Å². The van der Waals surface area contributed by atoms with Crippen LogP contribution < -0.4 is 4.72 Å². The largest absolute Gasteiger partial charge is 0.341 e. The summed E-state index contributed by atoms with van der Waals surface area (Å²) in [5.41, 5.74) is 3.14. The second-order valence-electron chi connectivity index (χ2n) is 7.16. The number of hydrogen-bond donors (Lipinski definition) is 1. The van der Waals surface area contributed by atoms with Gasteiger partial charge in [0.05, 0.1) is 4.90 Å². The summed E-state index contributed by atoms with van der Waals surface area (Å²) in [6.07, 6.45) is 4.19. The third-order valence-electron chi connectivity index (χ3n) is 5.02. The van der Waals surface area contributed by atoms with E-state index in [-0.39, 0.29) is 29.6 Å². The number of nitrogens with zero attached hydrogens (tertiary/aromatic N) is 1. The fourth-order valence-corrected chi connectivity index (χ4v) is 4.48. The van der Waals surface area contributed by atoms with Crippen LogP contribution in [0.2, 0.25) is 0 Å². The summed E-state index contributed by atoms with van der Waals surface area (Å²) >= 11 is 0. The zero-order valence-electron chi connectivity index (χ0n) is 15.9. The molecule has 0 fully saturated rings. The summed E-state index contributed by atoms with van der Waals surface area (Å²) in [7, 11) is -2.00. The SMILES string of the molecule is CN(Cc1ccc(F)cc1)C(=O)CCNS(=O)(=O)c1ccc2c(c1)CCCC2. The number of carbonyl (C=O) groups is 1. The Balaban J connectivity index is 1.53. The molecule has 7 heteroatoms. The molecule has 0 aliphatic heterocycles. The molecule has 0 atom stereocenters. The molecule has 1 aliphatic carbocycles. The van der Waals surface area contributed by atoms with Crippen molar-refractivity contribution in [1.82, 2.24) is 9.62 Å². The Morgan fingerprint density at radius 1 is 1.07 bits per heavy atom. The molecule has 5 nitrogen and oxygen atoms in total. The minimum atomic E-state index is -3.64. The van der Waals surface area contributed by atoms with Crippen molar-refractivity contribution in [3.05, 3.63) is 65.0 Å². The van der Waals surface area contributed by atoms with Gasteiger partial charge in [0.25, 0.3) is 0 Å². The van der Waals surface area contributed by atoms with E-state index in [1.807, 2.05) is 6.07 Å². The van der Waals surface area contributed by atoms with Crippen molar-refractivity contribution in [3.8, 4) is 0 Å². The lowest BCUT2D eigenvalue weighted by Crippen LogP contribution is -2.32. The minimum Gasteiger partial charge on any atom is -0.341 e. The van der Waals surface area contributed by atoms with E-state index in [1.54, 1.807) is 31.3 Å². The number of aryl methyl sites for hydroxylation is 2. The quantitative estimate of drug-likeness (QED) is 0.771. The summed E-state index contributed by atoms with van der Waals surface area (Å²) in [6.45, 7) is 0.378. The Bertz CT molecular complexity index is 943. The second-order valence-corrected chi connectivity index (χ2v) is 8.93. The normalized spacial score (nSPS) is 13.8. The number of rotatable bonds is 7. The molecule has 0 saturated heterocycles. The van der Waals surface area contributed by atoms with Crippen LogP contribution in [0.25, 0.3) is 0 Å². The maximum atomic E-state index is 12.9. The number of sulfonamides is 1. The van der Waals surface area contributed by atoms with Crippen molar-refractivity contribution >= 4 is 15.9 Å². The first-order valence-corrected chi connectivity index (χ1v) is 10.9. The van der Waals surface area contributed by atoms with Crippen LogP contribution in [0.1, 0.15) is 36.0 Å². The summed E-state index contributed by atoms with van der Waals surface area (Å²) in [5.74, 6) is -0.508. The first-order chi connectivity index (χ1) is 13.3. The lowest BCUT2D eigenvalue weighted by atomic mass is 9.92. The Hall–Kier alpha value is -2.25. The Morgan fingerprint density at radius 3 is 2.46 bits per heavy atom. The van der Waals surface area contributed by atoms with Crippen LogP contribution in [0.15, 0.2) is 47.4 Å². The molecule has 0 aromatic heterocycles. The van der Waals surface area contributed by atoms with Gasteiger partial charge < -0.3 is 4.90 Å². The Labute approximate surface area is 165 Å². The molecule has 0 unspecified atom stereocenters. The monoisotopic (exact) mass is 404 g/mol. The Kier molecular flexibility index (Phi) is 6.46. The fourth-order valence-electron chi connectivity index (χ4n) is 3.40. The standard InChI is InChI=1S/C21H25FN2O3S/c1-24(15-16-6-9-19(22)10-7-16)21(25)12-13-23-28(26,27)20-11-8-17-4-2-3-5-18(17)14-20/h6-11,14,23H,2-5,12-13,15H2,1H3. The molecule has 3 rings (SSSR count). The van der Waals surface area contributed by atoms with Crippen LogP contribution in [0, 0.1) is 5.82 Å². The highest BCUT2D eigenvalue weighted by molar-refractivity contribution is 7.89. The van der Waals surface area contributed by atoms with Gasteiger partial charge >= 0.3 is 0 Å². The number of fused-ring (bicyclic) bond motifs is 1. The molecule has 0 spiro atoms. The van der Waals surface area contributed by atoms with E-state index in [1.165, 1.54) is 22.6 Å². The van der Waals surface area contributed by atoms with Crippen molar-refractivity contribution in [2.75, 3.05) is 13.6 Å². The van der Waals surface area contributed by atoms with Crippen molar-refractivity contribution in [2.45, 2.75) is 43.5 Å². The van der Waals surface area contributed by atoms with E-state index in [9.17, 15) is 17.6 Å². The molecule has 0 radical (unpaired) electrons. The van der Waals surface area contributed by atoms with Gasteiger partial charge in [-0.3, -0.25) is 4.79 Å². The van der Waals surface area contributed by atoms with Crippen LogP contribution in [0.4, 0.5) is 4.39 Å². The predicted molar refractivity (Wildman–Crippen MR) is 106 cm³/mol. The van der Waals surface area contributed by atoms with E-state index >= 15 is 0 Å². The maximum Gasteiger partial charge on any atom is 0.240 e. The van der Waals surface area contributed by atoms with Gasteiger partial charge in [-0.25, -0.2) is 17.5 Å². The van der Waals surface area contributed by atoms with Gasteiger partial charge in [-0.1, -0.05) is 18.2 Å². The highest BCUT2D eigenvalue weighted by atomic mass is 32.2. The van der Waals surface area contributed by atoms with E-state index < -0.39 is 10.0 Å². The highest BCUT2D eigenvalue weighted by Crippen LogP contribution is 2.24. The van der Waals surface area contributed by atoms with Crippen molar-refractivity contribution in [3.63, 3.8) is 0 Å². The number of benzene rings is 2. The zero-order chi connectivity index (χ0) is 20.1. The molecule has 150 valence electrons. The molecular weight excluding hydrogens is 379 g/mol. The van der Waals surface area contributed by atoms with Crippen LogP contribution in [0.3, 0.4) is 0 Å². The van der Waals surface area contributed by atoms with Gasteiger partial charge in [-0.05, 0) is 66.6 Å². The molecule has 28 heavy (non-hydrogen) atoms. The molecular formula is C21H25FN2O3S. The number of carbonyl (C=O) groups excluding carboxylic acids is 1. The summed E-state index contributed by atoms with van der Waals surface area (Å²) in [5, 5.41) is 0. The first-order valence-electron chi connectivity index (χ1n) is 9.45. The molecule has 1 aliphatic rings. The number of halogens is 1. The third kappa shape index (κ3) is 5.17. The van der Waals surface area contributed by atoms with Crippen molar-refractivity contribution in [2.24, 2.45) is 0 Å². The number of nitrogens with one attached hydrogen (secondary N) is 1. The summed E-state index contributed by atoms with van der Waals surface area (Å²) < 4.78 is 40.5. The second kappa shape index (κ2) is 8.84. The topological polar surface area (TPSA) is 66.5 Å². The lowest BCUT2D eigenvalue weighted by molar-refractivity contribution is -0.130. The smallest absolute Gasteiger partial charge is 0.240 e. The first kappa shape index (κ1) is 20.5. The number of amides is 1. The minimum absolute atomic E-state index is 0.0337. The van der Waals surface area contributed by atoms with E-state index in [2.05, 4.69) is 4.72 Å². The highest BCUT2D eigenvalue weighted by Gasteiger charge is 2.18. The van der Waals surface area contributed by atoms with Crippen LogP contribution in [0.5, 0.6) is 0 Å². The molecule has 2 aromatic rings. The van der Waals surface area contributed by atoms with Gasteiger partial charge in [0, 0.05) is 26.6 Å². The van der Waals surface area contributed by atoms with Crippen LogP contribution >= 0.6 is 0 Å². The number of hydrogen-bond acceptors (Lipinski definition) is 3. The molecule has 2 aromatic carbocycles. The van der Waals surface area contributed by atoms with E-state index in [0.29, 0.717) is 6.54 Å². The third-order valence-corrected chi connectivity index (χ3v) is 6.48. The fraction of sp³-hybridized carbons (Fsp3) is 0.381. The molecule has 1 N–H and O–H groups in total. The van der Waals surface area contributed by atoms with Gasteiger partial charge in [0.2, 0.25) is 15.9 Å². The summed E-state index contributed by atoms with van der Waals surface area (Å²) in [4.78, 5) is 14.0. The van der Waals surface area contributed by atoms with Crippen molar-refractivity contribution in [1.29, 1.82) is 0 Å². The van der Waals surface area contributed by atoms with Gasteiger partial charge in [0.1, 0.15) is 5.82 Å². The summed E-state index contributed by atoms with van der Waals surface area (Å²) in [6, 6.07) is 11.2. The zero-order valence-corrected chi connectivity index (χ0v) is 16.8. The van der Waals surface area contributed by atoms with E-state index in [4.69, 9.17) is 0 Å². The van der Waals surface area contributed by atoms with Crippen LogP contribution in [-0.4, -0.2) is 32.8 Å². The van der Waals surface area contributed by atoms with Crippen LogP contribution in [-0.2, 0) is 34.2 Å². The molecule has 0 heterocycles. The molecule has 1 amide bonds. The predicted octanol–water partition coefficient (Wildman–Crippen LogP) is 3.03. The maximum absolute atomic E-state index is 12.9. The van der Waals surface area contributed by atoms with Gasteiger partial charge in [0.15, 0.2) is 0 Å². The average molecular weight is 405 g/mol. The lowest BCUT2D eigenvalue weighted by Gasteiger charge is -2.18.